The fourth-order valence-electron chi connectivity index (χ4n) is 6.66. The first-order valence-corrected chi connectivity index (χ1v) is 16.0. The number of aromatic nitrogens is 1. The topological polar surface area (TPSA) is 52.5 Å². The fraction of sp³-hybridized carbons (Fsp3) is 0.400. The van der Waals surface area contributed by atoms with Gasteiger partial charge in [-0.1, -0.05) is 90.6 Å². The third-order valence-corrected chi connectivity index (χ3v) is 8.34. The van der Waals surface area contributed by atoms with E-state index in [0.29, 0.717) is 18.0 Å². The Morgan fingerprint density at radius 2 is 1.56 bits per heavy atom. The van der Waals surface area contributed by atoms with E-state index in [2.05, 4.69) is 142 Å². The predicted molar refractivity (Wildman–Crippen MR) is 188 cm³/mol. The van der Waals surface area contributed by atoms with Gasteiger partial charge in [0.1, 0.15) is 11.3 Å². The third-order valence-electron chi connectivity index (χ3n) is 8.34. The Bertz CT molecular complexity index is 1890. The van der Waals surface area contributed by atoms with Crippen LogP contribution in [0.1, 0.15) is 88.8 Å². The molecule has 3 aromatic carbocycles. The van der Waals surface area contributed by atoms with E-state index in [1.165, 1.54) is 44.2 Å². The van der Waals surface area contributed by atoms with Crippen LogP contribution in [0.15, 0.2) is 57.9 Å². The molecule has 0 N–H and O–H groups in total. The fourth-order valence-corrected chi connectivity index (χ4v) is 6.66. The SMILES string of the molecule is CC(C)N=C([N-]C(C)C)C(C)C.Cc1cc(C)c2c(C)cc(-c3[c-]ccc4c3C(C)(C)c3c-4oc4ccc(C)cc34)nc2c1.[Ir]. The van der Waals surface area contributed by atoms with E-state index in [1.807, 2.05) is 6.07 Å². The van der Waals surface area contributed by atoms with E-state index < -0.39 is 0 Å². The molecule has 0 saturated carbocycles. The summed E-state index contributed by atoms with van der Waals surface area (Å²) in [5.41, 5.74) is 12.6. The average Bonchev–Trinajstić information content (AvgIpc) is 3.40. The maximum absolute atomic E-state index is 6.41. The van der Waals surface area contributed by atoms with Gasteiger partial charge in [-0.2, -0.15) is 0 Å². The molecule has 1 aliphatic carbocycles. The number of aliphatic imine (C=N–C) groups is 1. The van der Waals surface area contributed by atoms with Crippen molar-refractivity contribution in [3.63, 3.8) is 0 Å². The third kappa shape index (κ3) is 6.67. The number of hydrogen-bond donors (Lipinski definition) is 0. The van der Waals surface area contributed by atoms with Crippen molar-refractivity contribution < 1.29 is 24.5 Å². The van der Waals surface area contributed by atoms with Crippen LogP contribution in [0.3, 0.4) is 0 Å². The molecule has 45 heavy (non-hydrogen) atoms. The van der Waals surface area contributed by atoms with Gasteiger partial charge < -0.3 is 14.7 Å². The first-order chi connectivity index (χ1) is 20.7. The molecule has 4 nitrogen and oxygen atoms in total. The molecule has 5 heteroatoms. The van der Waals surface area contributed by atoms with Crippen molar-refractivity contribution in [3.8, 4) is 22.6 Å². The van der Waals surface area contributed by atoms with Crippen LogP contribution < -0.4 is 0 Å². The summed E-state index contributed by atoms with van der Waals surface area (Å²) in [5.74, 6) is 2.43. The Morgan fingerprint density at radius 3 is 2.20 bits per heavy atom. The molecule has 5 aromatic rings. The molecule has 0 bridgehead atoms. The number of nitrogens with zero attached hydrogens (tertiary/aromatic N) is 3. The van der Waals surface area contributed by atoms with Crippen LogP contribution >= 0.6 is 0 Å². The zero-order valence-corrected chi connectivity index (χ0v) is 31.3. The second-order valence-electron chi connectivity index (χ2n) is 13.8. The number of benzene rings is 3. The molecule has 0 aliphatic heterocycles. The van der Waals surface area contributed by atoms with E-state index in [4.69, 9.17) is 9.40 Å². The molecule has 1 radical (unpaired) electrons. The van der Waals surface area contributed by atoms with Crippen LogP contribution in [0.4, 0.5) is 0 Å². The molecule has 0 saturated heterocycles. The normalized spacial score (nSPS) is 13.6. The molecule has 0 atom stereocenters. The minimum atomic E-state index is -0.204. The summed E-state index contributed by atoms with van der Waals surface area (Å²) in [6.07, 6.45) is 0. The van der Waals surface area contributed by atoms with E-state index in [0.717, 1.165) is 39.5 Å². The quantitative estimate of drug-likeness (QED) is 0.104. The van der Waals surface area contributed by atoms with Crippen molar-refractivity contribution in [2.24, 2.45) is 10.9 Å². The summed E-state index contributed by atoms with van der Waals surface area (Å²) < 4.78 is 6.41. The maximum atomic E-state index is 6.41. The molecule has 1 aliphatic rings. The van der Waals surface area contributed by atoms with Crippen molar-refractivity contribution in [2.75, 3.05) is 0 Å². The van der Waals surface area contributed by atoms with Gasteiger partial charge in [-0.05, 0) is 91.7 Å². The number of pyridine rings is 1. The number of rotatable bonds is 4. The second kappa shape index (κ2) is 13.2. The van der Waals surface area contributed by atoms with Crippen LogP contribution in [0.2, 0.25) is 0 Å². The Kier molecular flexibility index (Phi) is 10.2. The zero-order valence-electron chi connectivity index (χ0n) is 28.9. The smallest absolute Gasteiger partial charge is 0.135 e. The number of fused-ring (bicyclic) bond motifs is 6. The van der Waals surface area contributed by atoms with Gasteiger partial charge in [0, 0.05) is 36.4 Å². The molecule has 2 heterocycles. The summed E-state index contributed by atoms with van der Waals surface area (Å²) in [4.78, 5) is 9.60. The van der Waals surface area contributed by atoms with Crippen molar-refractivity contribution in [1.29, 1.82) is 0 Å². The summed E-state index contributed by atoms with van der Waals surface area (Å²) >= 11 is 0. The summed E-state index contributed by atoms with van der Waals surface area (Å²) in [7, 11) is 0. The Balaban J connectivity index is 0.000000305. The Morgan fingerprint density at radius 1 is 0.867 bits per heavy atom. The van der Waals surface area contributed by atoms with Gasteiger partial charge in [0.2, 0.25) is 0 Å². The van der Waals surface area contributed by atoms with Crippen LogP contribution in [0.25, 0.3) is 49.8 Å². The van der Waals surface area contributed by atoms with Crippen LogP contribution in [0, 0.1) is 39.7 Å². The van der Waals surface area contributed by atoms with Gasteiger partial charge in [-0.3, -0.25) is 4.98 Å². The van der Waals surface area contributed by atoms with Crippen molar-refractivity contribution >= 4 is 27.7 Å². The molecule has 0 amide bonds. The Labute approximate surface area is 283 Å². The summed E-state index contributed by atoms with van der Waals surface area (Å²) in [6, 6.07) is 21.5. The van der Waals surface area contributed by atoms with Gasteiger partial charge >= 0.3 is 0 Å². The number of hydrogen-bond acceptors (Lipinski definition) is 3. The van der Waals surface area contributed by atoms with Crippen LogP contribution in [-0.2, 0) is 25.5 Å². The Hall–Kier alpha value is -3.27. The average molecular weight is 778 g/mol. The molecule has 0 unspecified atom stereocenters. The summed E-state index contributed by atoms with van der Waals surface area (Å²) in [5, 5.41) is 6.93. The zero-order chi connectivity index (χ0) is 32.1. The molecular weight excluding hydrogens is 731 g/mol. The van der Waals surface area contributed by atoms with Gasteiger partial charge in [-0.15, -0.1) is 29.3 Å². The van der Waals surface area contributed by atoms with Crippen molar-refractivity contribution in [3.05, 3.63) is 93.3 Å². The van der Waals surface area contributed by atoms with E-state index in [-0.39, 0.29) is 25.5 Å². The maximum Gasteiger partial charge on any atom is 0.135 e. The van der Waals surface area contributed by atoms with Gasteiger partial charge in [-0.25, -0.2) is 0 Å². The largest absolute Gasteiger partial charge is 0.466 e. The molecule has 0 spiro atoms. The molecule has 2 aromatic heterocycles. The van der Waals surface area contributed by atoms with Crippen molar-refractivity contribution in [2.45, 2.75) is 101 Å². The second-order valence-corrected chi connectivity index (χ2v) is 13.8. The molecular formula is C40H47IrN3O-2. The first kappa shape index (κ1) is 34.6. The van der Waals surface area contributed by atoms with Crippen LogP contribution in [0.5, 0.6) is 0 Å². The molecule has 0 fully saturated rings. The van der Waals surface area contributed by atoms with E-state index in [9.17, 15) is 0 Å². The predicted octanol–water partition coefficient (Wildman–Crippen LogP) is 11.2. The minimum Gasteiger partial charge on any atom is -0.466 e. The first-order valence-electron chi connectivity index (χ1n) is 16.0. The van der Waals surface area contributed by atoms with Crippen molar-refractivity contribution in [1.82, 2.24) is 4.98 Å². The summed E-state index contributed by atoms with van der Waals surface area (Å²) in [6.45, 7) is 25.8. The molecule has 239 valence electrons. The molecule has 6 rings (SSSR count). The van der Waals surface area contributed by atoms with E-state index in [1.54, 1.807) is 0 Å². The van der Waals surface area contributed by atoms with Crippen LogP contribution in [-0.4, -0.2) is 22.9 Å². The monoisotopic (exact) mass is 778 g/mol. The number of aryl methyl sites for hydroxylation is 4. The number of amidine groups is 1. The number of furan rings is 1. The van der Waals surface area contributed by atoms with Gasteiger partial charge in [0.15, 0.2) is 0 Å². The standard InChI is InChI=1S/C30H26NO.C10H21N2.Ir/c1-16-10-11-25-22(13-16)28-29(32-25)21-9-7-8-20(27(21)30(28,5)6)23-15-19(4)26-18(3)12-17(2)14-24(26)31-23;1-7(2)10(11-8(3)4)12-9(5)6;/h7,9-15H,1-6H3;7-9H,1-6H3;/q2*-1;. The van der Waals surface area contributed by atoms with Gasteiger partial charge in [0.25, 0.3) is 0 Å². The minimum absolute atomic E-state index is 0. The van der Waals surface area contributed by atoms with E-state index >= 15 is 0 Å². The van der Waals surface area contributed by atoms with Gasteiger partial charge in [0.05, 0.1) is 5.52 Å².